The zero-order valence-corrected chi connectivity index (χ0v) is 74.0. The lowest BCUT2D eigenvalue weighted by molar-refractivity contribution is -0.155. The Morgan fingerprint density at radius 3 is 1.16 bits per heavy atom. The summed E-state index contributed by atoms with van der Waals surface area (Å²) >= 11 is 0. The highest BCUT2D eigenvalue weighted by molar-refractivity contribution is 6.27. The number of aliphatic hydroxyl groups excluding tert-OH is 6. The van der Waals surface area contributed by atoms with Gasteiger partial charge in [-0.1, -0.05) is 71.0 Å². The molecule has 4 aromatic carbocycles. The van der Waals surface area contributed by atoms with Crippen LogP contribution >= 0.6 is 0 Å². The Morgan fingerprint density at radius 1 is 0.500 bits per heavy atom. The van der Waals surface area contributed by atoms with Gasteiger partial charge in [-0.3, -0.25) is 72.3 Å². The van der Waals surface area contributed by atoms with Crippen molar-refractivity contribution < 1.29 is 114 Å². The smallest absolute Gasteiger partial charge is 0.255 e. The van der Waals surface area contributed by atoms with Gasteiger partial charge in [0.1, 0.15) is 68.5 Å². The average Bonchev–Trinajstić information content (AvgIpc) is 0.706. The number of nitrogens with two attached hydrogens (primary N) is 4. The van der Waals surface area contributed by atoms with E-state index in [9.17, 15) is 114 Å². The molecule has 126 heavy (non-hydrogen) atoms. The Hall–Kier alpha value is -11.8. The van der Waals surface area contributed by atoms with Crippen molar-refractivity contribution in [3.05, 3.63) is 160 Å². The van der Waals surface area contributed by atoms with Crippen LogP contribution in [0.25, 0.3) is 17.3 Å². The van der Waals surface area contributed by atoms with Crippen molar-refractivity contribution in [2.45, 2.75) is 153 Å². The number of carbonyl (C=O) groups is 11. The van der Waals surface area contributed by atoms with Crippen LogP contribution in [0.2, 0.25) is 0 Å². The minimum Gasteiger partial charge on any atom is -0.508 e. The van der Waals surface area contributed by atoms with E-state index in [4.69, 9.17) is 22.9 Å². The summed E-state index contributed by atoms with van der Waals surface area (Å²) in [6, 6.07) is 10.9. The molecule has 5 amide bonds. The van der Waals surface area contributed by atoms with Crippen molar-refractivity contribution in [1.29, 1.82) is 0 Å². The molecule has 0 aliphatic heterocycles. The molecule has 678 valence electrons. The number of Topliss-reactive ketones (excluding diaryl/α,β-unsaturated/α-hetero) is 6. The van der Waals surface area contributed by atoms with Crippen molar-refractivity contribution in [3.8, 4) is 17.2 Å². The highest BCUT2D eigenvalue weighted by atomic mass is 16.4. The number of rotatable bonds is 19. The number of nitrogens with zero attached hydrogens (tertiary/aromatic N) is 7. The molecule has 0 aromatic heterocycles. The third-order valence-electron chi connectivity index (χ3n) is 26.3. The van der Waals surface area contributed by atoms with Crippen LogP contribution in [0.4, 0.5) is 11.4 Å². The maximum Gasteiger partial charge on any atom is 0.255 e. The van der Waals surface area contributed by atoms with Crippen molar-refractivity contribution >= 4 is 92.9 Å². The van der Waals surface area contributed by atoms with Crippen LogP contribution in [0, 0.1) is 40.9 Å². The van der Waals surface area contributed by atoms with Crippen LogP contribution in [-0.2, 0) is 98.1 Å². The molecule has 0 radical (unpaired) electrons. The first kappa shape index (κ1) is 94.8. The summed E-state index contributed by atoms with van der Waals surface area (Å²) in [6.45, 7) is 11.7. The van der Waals surface area contributed by atoms with Gasteiger partial charge in [-0.05, 0) is 170 Å². The number of hydrogen-bond acceptors (Lipinski definition) is 30. The minimum atomic E-state index is -2.73. The van der Waals surface area contributed by atoms with E-state index < -0.39 is 180 Å². The van der Waals surface area contributed by atoms with Gasteiger partial charge in [0.05, 0.1) is 40.9 Å². The van der Waals surface area contributed by atoms with E-state index in [-0.39, 0.29) is 138 Å². The first-order valence-corrected chi connectivity index (χ1v) is 41.4. The van der Waals surface area contributed by atoms with Crippen molar-refractivity contribution in [2.75, 3.05) is 101 Å². The van der Waals surface area contributed by atoms with Crippen molar-refractivity contribution in [3.63, 3.8) is 0 Å². The maximum absolute atomic E-state index is 14.2. The van der Waals surface area contributed by atoms with E-state index in [1.165, 1.54) is 21.6 Å². The number of anilines is 2. The number of hydrogen-bond donors (Lipinski definition) is 17. The Bertz CT molecular complexity index is 5510. The van der Waals surface area contributed by atoms with Crippen LogP contribution < -0.4 is 38.1 Å². The fourth-order valence-corrected chi connectivity index (χ4v) is 20.5. The zero-order valence-electron chi connectivity index (χ0n) is 74.0. The van der Waals surface area contributed by atoms with E-state index in [0.29, 0.717) is 52.2 Å². The number of benzene rings is 4. The molecule has 4 aromatic rings. The van der Waals surface area contributed by atoms with Crippen molar-refractivity contribution in [2.24, 2.45) is 63.9 Å². The Morgan fingerprint density at radius 2 is 0.841 bits per heavy atom. The molecule has 0 heterocycles. The fraction of sp³-hybridized carbons (Fsp3) is 0.484. The largest absolute Gasteiger partial charge is 0.508 e. The number of phenolic OH excluding ortho intramolecular Hbond substituents is 3. The first-order chi connectivity index (χ1) is 58.5. The highest BCUT2D eigenvalue weighted by Crippen LogP contribution is 2.59. The van der Waals surface area contributed by atoms with Crippen LogP contribution in [0.3, 0.4) is 0 Å². The quantitative estimate of drug-likeness (QED) is 0.0600. The third-order valence-corrected chi connectivity index (χ3v) is 26.3. The molecule has 13 atom stereocenters. The molecule has 35 nitrogen and oxygen atoms in total. The number of fused-ring (bicyclic) bond motifs is 9. The van der Waals surface area contributed by atoms with Gasteiger partial charge in [-0.25, -0.2) is 0 Å². The summed E-state index contributed by atoms with van der Waals surface area (Å²) in [5, 5.41) is 140. The number of carbonyl (C=O) groups excluding carboxylic acids is 11. The normalized spacial score (nSPS) is 25.8. The van der Waals surface area contributed by atoms with Crippen LogP contribution in [0.15, 0.2) is 99.2 Å². The molecule has 2 unspecified atom stereocenters. The molecule has 21 N–H and O–H groups in total. The second-order valence-corrected chi connectivity index (χ2v) is 37.2. The summed E-state index contributed by atoms with van der Waals surface area (Å²) in [4.78, 5) is 156. The highest BCUT2D eigenvalue weighted by Gasteiger charge is 2.68. The van der Waals surface area contributed by atoms with Gasteiger partial charge in [0.2, 0.25) is 29.2 Å². The second kappa shape index (κ2) is 34.5. The van der Waals surface area contributed by atoms with Crippen LogP contribution in [0.5, 0.6) is 17.2 Å². The molecule has 9 aliphatic carbocycles. The monoisotopic (exact) mass is 1740 g/mol. The molecule has 9 aliphatic rings. The summed E-state index contributed by atoms with van der Waals surface area (Å²) in [6.07, 6.45) is 1.10. The molecular weight excluding hydrogens is 1630 g/mol. The predicted octanol–water partition coefficient (Wildman–Crippen LogP) is 2.79. The Balaban J connectivity index is 0.000000186. The molecular formula is C91H116N12O23. The molecule has 3 saturated carbocycles. The summed E-state index contributed by atoms with van der Waals surface area (Å²) in [5.74, 6) is -21.2. The van der Waals surface area contributed by atoms with E-state index >= 15 is 0 Å². The Kier molecular flexibility index (Phi) is 26.0. The summed E-state index contributed by atoms with van der Waals surface area (Å²) in [7, 11) is 20.1. The molecule has 0 saturated heterocycles. The van der Waals surface area contributed by atoms with Gasteiger partial charge in [0.15, 0.2) is 34.2 Å². The molecule has 0 spiro atoms. The number of amides is 5. The molecule has 35 heteroatoms. The van der Waals surface area contributed by atoms with E-state index in [0.717, 1.165) is 11.1 Å². The van der Waals surface area contributed by atoms with Gasteiger partial charge in [-0.2, -0.15) is 0 Å². The topological polar surface area (TPSA) is 569 Å². The third kappa shape index (κ3) is 15.6. The minimum absolute atomic E-state index is 0.00293. The summed E-state index contributed by atoms with van der Waals surface area (Å²) < 4.78 is 0. The number of primary amides is 3. The summed E-state index contributed by atoms with van der Waals surface area (Å²) in [5.41, 5.74) is 16.4. The standard InChI is InChI=1S/C35H43N5O8.C31H42N4O8.C25H31N3O7/c1-38(2)22-15-19(16-37-34(47)23(39(3)4)12-17-10-8-7-9-11-17)28(41)25-20(22)13-18-14-21-27(40(5)6)30(43)26(33(36)46)32(45)35(21,48)31(44)24(18)29(25)42;1-14(36)35(13-30(2,3)4)12-16-11-19(33(5)6)17-9-15-10-18-23(34(7)8)26(39)22(29(32)42)28(41)31(18,43)27(40)20(15)25(38)21(17)24(16)37;1-9(2)12-6-11(8-26)19(29)16-13(12)5-10-7-14-18(28(3)4)21(31)17(24(27)34)23(33)25(14,35)22(32)15(10)20(16)30/h7-11,15,18,21,23,27,41-42,45,48H,12-14,16H2,1-6H3,(H2,36,46)(H,37,47);11,15,18,23,37-38,41,43H,9-10,12-13H2,1-8H3,(H2,32,42);6,9-10,14,18,29-30,33,35H,5,7-8,26H2,1-4H3,(H2,27,34)/t18-,21-,23?,27+,35-;15-,18-,23?,31-;10-,14-,18-,25-/m000/s1. The number of nitrogens with one attached hydrogen (secondary N) is 1. The number of aromatic hydroxyl groups is 3. The van der Waals surface area contributed by atoms with Gasteiger partial charge < -0.3 is 104 Å². The lowest BCUT2D eigenvalue weighted by Gasteiger charge is -2.50. The van der Waals surface area contributed by atoms with Gasteiger partial charge in [0, 0.05) is 124 Å². The van der Waals surface area contributed by atoms with Crippen molar-refractivity contribution in [1.82, 2.24) is 29.8 Å². The zero-order chi connectivity index (χ0) is 94.1. The fourth-order valence-electron chi connectivity index (χ4n) is 20.5. The molecule has 13 rings (SSSR count). The molecule has 0 bridgehead atoms. The van der Waals surface area contributed by atoms with Gasteiger partial charge in [-0.15, -0.1) is 0 Å². The number of phenols is 3. The number of aliphatic hydroxyl groups is 9. The van der Waals surface area contributed by atoms with Crippen LogP contribution in [-0.4, -0.2) is 282 Å². The van der Waals surface area contributed by atoms with Gasteiger partial charge >= 0.3 is 0 Å². The average molecular weight is 1750 g/mol. The SMILES string of the molecule is CC(=O)N(Cc1cc(N(C)C)c2c(c1O)C(O)=C1C(=O)[C@]3(O)C(O)=C(C(N)=O)C(=O)C(N(C)C)[C@@H]3C[C@@H]1C2)CC(C)(C)C.CC(C)c1cc(CN)c(O)c2c1C[C@H]1C[C@H]3[C@H](N(C)C)C(=O)C(C(N)=O)=C(O)[C@@]3(O)C(=O)C1=C2O.CN(C)c1cc(CNC(=O)C(Cc2ccccc2)N(C)C)c(O)c2c1C[C@H]1C[C@H]3[C@@H](N(C)C)C(=O)C(C(N)=O)=C(O)[C@@]3(O)C(=O)C1=C2O. The molecule has 3 fully saturated rings. The van der Waals surface area contributed by atoms with E-state index in [1.807, 2.05) is 69.9 Å². The van der Waals surface area contributed by atoms with E-state index in [2.05, 4.69) is 5.32 Å². The number of ketones is 6. The predicted molar refractivity (Wildman–Crippen MR) is 463 cm³/mol. The van der Waals surface area contributed by atoms with Gasteiger partial charge in [0.25, 0.3) is 17.7 Å². The maximum atomic E-state index is 14.2. The second-order valence-electron chi connectivity index (χ2n) is 37.2. The Labute approximate surface area is 728 Å². The lowest BCUT2D eigenvalue weighted by atomic mass is 9.57. The van der Waals surface area contributed by atoms with E-state index in [1.54, 1.807) is 117 Å². The number of likely N-dealkylation sites (N-methyl/N-ethyl adjacent to an activating group) is 4. The first-order valence-electron chi connectivity index (χ1n) is 41.4. The van der Waals surface area contributed by atoms with Crippen LogP contribution in [0.1, 0.15) is 128 Å². The lowest BCUT2D eigenvalue weighted by Crippen LogP contribution is -2.65.